The summed E-state index contributed by atoms with van der Waals surface area (Å²) in [5, 5.41) is 8.96. The minimum Gasteiger partial charge on any atom is -0.353 e. The highest BCUT2D eigenvalue weighted by Gasteiger charge is 2.16. The number of rotatable bonds is 4. The maximum atomic E-state index is 8.96. The maximum Gasteiger partial charge on any atom is 0.222 e. The Morgan fingerprint density at radius 2 is 2.44 bits per heavy atom. The minimum atomic E-state index is -1.48. The molecule has 1 atom stereocenters. The standard InChI is InChI=1S/C6H13NO2/c1-3-5-9-6(7,8)4-2/h3,8H,1,4-5,7H2,2H3. The van der Waals surface area contributed by atoms with Gasteiger partial charge in [0.25, 0.3) is 0 Å². The van der Waals surface area contributed by atoms with Crippen molar-refractivity contribution in [3.8, 4) is 0 Å². The Morgan fingerprint density at radius 1 is 1.89 bits per heavy atom. The van der Waals surface area contributed by atoms with Gasteiger partial charge in [-0.3, -0.25) is 5.73 Å². The molecule has 0 spiro atoms. The van der Waals surface area contributed by atoms with E-state index in [1.807, 2.05) is 0 Å². The van der Waals surface area contributed by atoms with Crippen molar-refractivity contribution in [2.24, 2.45) is 5.73 Å². The van der Waals surface area contributed by atoms with Gasteiger partial charge in [0.1, 0.15) is 0 Å². The molecule has 0 amide bonds. The number of hydrogen-bond acceptors (Lipinski definition) is 3. The van der Waals surface area contributed by atoms with Gasteiger partial charge in [-0.1, -0.05) is 13.0 Å². The Labute approximate surface area is 55.1 Å². The van der Waals surface area contributed by atoms with Crippen LogP contribution in [0.1, 0.15) is 13.3 Å². The lowest BCUT2D eigenvalue weighted by atomic mass is 10.4. The molecule has 3 N–H and O–H groups in total. The summed E-state index contributed by atoms with van der Waals surface area (Å²) < 4.78 is 4.74. The summed E-state index contributed by atoms with van der Waals surface area (Å²) in [7, 11) is 0. The molecule has 0 heterocycles. The van der Waals surface area contributed by atoms with Crippen molar-refractivity contribution in [2.45, 2.75) is 19.3 Å². The molecule has 0 radical (unpaired) electrons. The SMILES string of the molecule is C=CCOC(N)(O)CC. The van der Waals surface area contributed by atoms with Crippen LogP contribution >= 0.6 is 0 Å². The fourth-order valence-corrected chi connectivity index (χ4v) is 0.305. The largest absolute Gasteiger partial charge is 0.353 e. The van der Waals surface area contributed by atoms with Crippen LogP contribution in [0.15, 0.2) is 12.7 Å². The van der Waals surface area contributed by atoms with Gasteiger partial charge in [0.2, 0.25) is 5.91 Å². The Balaban J connectivity index is 3.44. The van der Waals surface area contributed by atoms with E-state index in [-0.39, 0.29) is 6.61 Å². The summed E-state index contributed by atoms with van der Waals surface area (Å²) in [6.07, 6.45) is 1.91. The molecule has 0 fully saturated rings. The summed E-state index contributed by atoms with van der Waals surface area (Å²) in [5.74, 6) is -1.48. The third-order valence-corrected chi connectivity index (χ3v) is 0.958. The Hall–Kier alpha value is -0.380. The molecular formula is C6H13NO2. The van der Waals surface area contributed by atoms with Crippen LogP contribution in [0, 0.1) is 0 Å². The summed E-state index contributed by atoms with van der Waals surface area (Å²) >= 11 is 0. The Bertz CT molecular complexity index is 91.1. The van der Waals surface area contributed by atoms with Crippen molar-refractivity contribution >= 4 is 0 Å². The fourth-order valence-electron chi connectivity index (χ4n) is 0.305. The van der Waals surface area contributed by atoms with Crippen LogP contribution in [-0.4, -0.2) is 17.6 Å². The number of nitrogens with two attached hydrogens (primary N) is 1. The van der Waals surface area contributed by atoms with E-state index in [4.69, 9.17) is 15.6 Å². The van der Waals surface area contributed by atoms with Crippen LogP contribution in [-0.2, 0) is 4.74 Å². The van der Waals surface area contributed by atoms with Gasteiger partial charge >= 0.3 is 0 Å². The number of aliphatic hydroxyl groups is 1. The van der Waals surface area contributed by atoms with Crippen molar-refractivity contribution in [1.29, 1.82) is 0 Å². The van der Waals surface area contributed by atoms with Crippen molar-refractivity contribution in [3.05, 3.63) is 12.7 Å². The number of ether oxygens (including phenoxy) is 1. The molecule has 0 saturated heterocycles. The van der Waals surface area contributed by atoms with Crippen molar-refractivity contribution < 1.29 is 9.84 Å². The predicted molar refractivity (Wildman–Crippen MR) is 35.6 cm³/mol. The van der Waals surface area contributed by atoms with Gasteiger partial charge < -0.3 is 9.84 Å². The third-order valence-electron chi connectivity index (χ3n) is 0.958. The lowest BCUT2D eigenvalue weighted by molar-refractivity contribution is -0.193. The zero-order valence-electron chi connectivity index (χ0n) is 5.63. The topological polar surface area (TPSA) is 55.5 Å². The van der Waals surface area contributed by atoms with Crippen LogP contribution in [0.3, 0.4) is 0 Å². The van der Waals surface area contributed by atoms with Crippen LogP contribution in [0.4, 0.5) is 0 Å². The zero-order chi connectivity index (χ0) is 7.33. The molecule has 0 aromatic carbocycles. The normalized spacial score (nSPS) is 16.8. The Kier molecular flexibility index (Phi) is 3.46. The lowest BCUT2D eigenvalue weighted by Gasteiger charge is -2.19. The third kappa shape index (κ3) is 4.14. The van der Waals surface area contributed by atoms with Gasteiger partial charge in [-0.05, 0) is 0 Å². The highest BCUT2D eigenvalue weighted by molar-refractivity contribution is 4.66. The van der Waals surface area contributed by atoms with E-state index >= 15 is 0 Å². The molecule has 9 heavy (non-hydrogen) atoms. The second-order valence-electron chi connectivity index (χ2n) is 1.80. The van der Waals surface area contributed by atoms with Crippen LogP contribution in [0.2, 0.25) is 0 Å². The monoisotopic (exact) mass is 131 g/mol. The predicted octanol–water partition coefficient (Wildman–Crippen LogP) is 0.204. The van der Waals surface area contributed by atoms with Crippen LogP contribution < -0.4 is 5.73 Å². The lowest BCUT2D eigenvalue weighted by Crippen LogP contribution is -2.41. The molecule has 0 aromatic rings. The first kappa shape index (κ1) is 8.62. The molecule has 0 aliphatic rings. The summed E-state index contributed by atoms with van der Waals surface area (Å²) in [6.45, 7) is 5.42. The quantitative estimate of drug-likeness (QED) is 0.423. The van der Waals surface area contributed by atoms with Crippen LogP contribution in [0.25, 0.3) is 0 Å². The molecule has 3 heteroatoms. The molecule has 0 aliphatic carbocycles. The van der Waals surface area contributed by atoms with E-state index in [2.05, 4.69) is 6.58 Å². The van der Waals surface area contributed by atoms with E-state index < -0.39 is 5.91 Å². The van der Waals surface area contributed by atoms with Crippen LogP contribution in [0.5, 0.6) is 0 Å². The number of hydrogen-bond donors (Lipinski definition) is 2. The minimum absolute atomic E-state index is 0.279. The molecule has 54 valence electrons. The first-order chi connectivity index (χ1) is 4.12. The second-order valence-corrected chi connectivity index (χ2v) is 1.80. The average molecular weight is 131 g/mol. The average Bonchev–Trinajstić information content (AvgIpc) is 1.84. The summed E-state index contributed by atoms with van der Waals surface area (Å²) in [6, 6.07) is 0. The van der Waals surface area contributed by atoms with Crippen molar-refractivity contribution in [2.75, 3.05) is 6.61 Å². The molecule has 0 aromatic heterocycles. The summed E-state index contributed by atoms with van der Waals surface area (Å²) in [4.78, 5) is 0. The highest BCUT2D eigenvalue weighted by atomic mass is 16.6. The molecule has 0 rings (SSSR count). The molecule has 0 saturated carbocycles. The van der Waals surface area contributed by atoms with E-state index in [1.165, 1.54) is 6.08 Å². The van der Waals surface area contributed by atoms with Gasteiger partial charge in [0.15, 0.2) is 0 Å². The first-order valence-corrected chi connectivity index (χ1v) is 2.88. The molecule has 0 aliphatic heterocycles. The van der Waals surface area contributed by atoms with E-state index in [1.54, 1.807) is 6.92 Å². The van der Waals surface area contributed by atoms with Crippen molar-refractivity contribution in [3.63, 3.8) is 0 Å². The molecule has 1 unspecified atom stereocenters. The smallest absolute Gasteiger partial charge is 0.222 e. The van der Waals surface area contributed by atoms with Gasteiger partial charge in [-0.2, -0.15) is 0 Å². The van der Waals surface area contributed by atoms with E-state index in [0.717, 1.165) is 0 Å². The maximum absolute atomic E-state index is 8.96. The van der Waals surface area contributed by atoms with Gasteiger partial charge in [-0.15, -0.1) is 6.58 Å². The zero-order valence-corrected chi connectivity index (χ0v) is 5.63. The second kappa shape index (κ2) is 3.61. The fraction of sp³-hybridized carbons (Fsp3) is 0.667. The molecular weight excluding hydrogens is 118 g/mol. The molecule has 0 bridgehead atoms. The van der Waals surface area contributed by atoms with E-state index in [0.29, 0.717) is 6.42 Å². The van der Waals surface area contributed by atoms with Gasteiger partial charge in [0.05, 0.1) is 6.61 Å². The van der Waals surface area contributed by atoms with Gasteiger partial charge in [0, 0.05) is 6.42 Å². The molecule has 3 nitrogen and oxygen atoms in total. The summed E-state index contributed by atoms with van der Waals surface area (Å²) in [5.41, 5.74) is 5.19. The van der Waals surface area contributed by atoms with E-state index in [9.17, 15) is 0 Å². The van der Waals surface area contributed by atoms with Gasteiger partial charge in [-0.25, -0.2) is 0 Å². The Morgan fingerprint density at radius 3 is 2.78 bits per heavy atom. The van der Waals surface area contributed by atoms with Crippen molar-refractivity contribution in [1.82, 2.24) is 0 Å². The highest BCUT2D eigenvalue weighted by Crippen LogP contribution is 2.01. The first-order valence-electron chi connectivity index (χ1n) is 2.88.